The van der Waals surface area contributed by atoms with Gasteiger partial charge in [0.25, 0.3) is 0 Å². The molecular weight excluding hydrogens is 767 g/mol. The molecule has 1 heterocycles. The Balaban J connectivity index is 1.38. The van der Waals surface area contributed by atoms with Gasteiger partial charge in [-0.05, 0) is 72.4 Å². The Kier molecular flexibility index (Phi) is 16.2. The second-order valence-electron chi connectivity index (χ2n) is 15.4. The van der Waals surface area contributed by atoms with E-state index in [4.69, 9.17) is 28.5 Å². The van der Waals surface area contributed by atoms with Gasteiger partial charge in [0.05, 0.1) is 31.5 Å². The molecule has 1 aliphatic heterocycles. The molecular formula is C47H59N3O10. The molecule has 3 aromatic carbocycles. The molecule has 322 valence electrons. The highest BCUT2D eigenvalue weighted by Gasteiger charge is 2.65. The standard InChI is InChI=1S/C47H59N3O10/c1-4-25-58-47-42(50(2)46(54)57-27-26-56-32-34-17-9-6-10-18-34)30-40(49-55-3)38-28-35(19-11-13-23-51)37(20-12-14-24-52)43(44(38)47)39-29-36(21-22-41(39)60-47)59-45(53)48-31-33-15-7-5-8-16-33/h4-10,15-18,21-22,28-29,35,37,42-44,51-52H,1,11-14,19-20,23-27,30-32H2,2-3H3,(H,48,53). The van der Waals surface area contributed by atoms with E-state index >= 15 is 0 Å². The second-order valence-corrected chi connectivity index (χ2v) is 15.4. The number of fused-ring (bicyclic) bond motifs is 2. The van der Waals surface area contributed by atoms with Gasteiger partial charge in [0.1, 0.15) is 31.3 Å². The summed E-state index contributed by atoms with van der Waals surface area (Å²) in [6.07, 6.45) is 7.38. The van der Waals surface area contributed by atoms with Gasteiger partial charge in [-0.1, -0.05) is 90.8 Å². The first-order valence-corrected chi connectivity index (χ1v) is 21.0. The van der Waals surface area contributed by atoms with Crippen LogP contribution in [0.1, 0.15) is 67.6 Å². The molecule has 3 aliphatic rings. The number of hydrogen-bond donors (Lipinski definition) is 3. The van der Waals surface area contributed by atoms with Crippen LogP contribution in [-0.2, 0) is 32.2 Å². The van der Waals surface area contributed by atoms with Gasteiger partial charge in [0.15, 0.2) is 0 Å². The summed E-state index contributed by atoms with van der Waals surface area (Å²) in [5, 5.41) is 27.1. The predicted molar refractivity (Wildman–Crippen MR) is 226 cm³/mol. The number of allylic oxidation sites excluding steroid dienone is 1. The van der Waals surface area contributed by atoms with Crippen LogP contribution in [0.4, 0.5) is 9.59 Å². The minimum atomic E-state index is -1.44. The number of ether oxygens (including phenoxy) is 5. The molecule has 13 heteroatoms. The van der Waals surface area contributed by atoms with Gasteiger partial charge in [-0.2, -0.15) is 0 Å². The number of nitrogens with one attached hydrogen (secondary N) is 1. The van der Waals surface area contributed by atoms with Crippen molar-refractivity contribution in [3.05, 3.63) is 120 Å². The number of oxime groups is 1. The number of rotatable bonds is 21. The van der Waals surface area contributed by atoms with E-state index in [0.29, 0.717) is 43.2 Å². The van der Waals surface area contributed by atoms with Gasteiger partial charge in [0, 0.05) is 44.7 Å². The maximum absolute atomic E-state index is 14.0. The van der Waals surface area contributed by atoms with Crippen LogP contribution in [-0.4, -0.2) is 92.0 Å². The largest absolute Gasteiger partial charge is 0.459 e. The first-order valence-electron chi connectivity index (χ1n) is 21.0. The first-order chi connectivity index (χ1) is 29.3. The van der Waals surface area contributed by atoms with Crippen molar-refractivity contribution >= 4 is 17.9 Å². The van der Waals surface area contributed by atoms with Crippen LogP contribution in [0.3, 0.4) is 0 Å². The lowest BCUT2D eigenvalue weighted by Crippen LogP contribution is -2.69. The number of unbranched alkanes of at least 4 members (excludes halogenated alkanes) is 2. The molecule has 3 aromatic rings. The summed E-state index contributed by atoms with van der Waals surface area (Å²) in [4.78, 5) is 34.1. The zero-order valence-electron chi connectivity index (χ0n) is 34.7. The molecule has 6 atom stereocenters. The smallest absolute Gasteiger partial charge is 0.412 e. The fourth-order valence-corrected chi connectivity index (χ4v) is 9.00. The molecule has 2 aliphatic carbocycles. The summed E-state index contributed by atoms with van der Waals surface area (Å²) in [7, 11) is 3.18. The molecule has 1 saturated carbocycles. The van der Waals surface area contributed by atoms with Gasteiger partial charge in [-0.15, -0.1) is 6.58 Å². The minimum absolute atomic E-state index is 0.00192. The van der Waals surface area contributed by atoms with Crippen LogP contribution < -0.4 is 14.8 Å². The molecule has 0 saturated heterocycles. The summed E-state index contributed by atoms with van der Waals surface area (Å²) in [5.74, 6) is -1.31. The number of likely N-dealkylation sites (N-methyl/N-ethyl adjacent to an activating group) is 1. The van der Waals surface area contributed by atoms with Gasteiger partial charge in [-0.3, -0.25) is 0 Å². The Morgan fingerprint density at radius 2 is 1.68 bits per heavy atom. The third kappa shape index (κ3) is 10.6. The molecule has 6 rings (SSSR count). The van der Waals surface area contributed by atoms with Crippen LogP contribution in [0.5, 0.6) is 11.5 Å². The van der Waals surface area contributed by atoms with Crippen molar-refractivity contribution in [1.29, 1.82) is 0 Å². The van der Waals surface area contributed by atoms with Gasteiger partial charge in [0.2, 0.25) is 5.79 Å². The Bertz CT molecular complexity index is 1920. The number of benzene rings is 3. The summed E-state index contributed by atoms with van der Waals surface area (Å²) >= 11 is 0. The minimum Gasteiger partial charge on any atom is -0.459 e. The number of aliphatic hydroxyl groups is 2. The van der Waals surface area contributed by atoms with E-state index in [1.54, 1.807) is 25.3 Å². The number of carbonyl (C=O) groups is 2. The van der Waals surface area contributed by atoms with Crippen molar-refractivity contribution < 1.29 is 48.3 Å². The maximum atomic E-state index is 14.0. The number of amides is 2. The molecule has 0 bridgehead atoms. The van der Waals surface area contributed by atoms with E-state index in [0.717, 1.165) is 47.9 Å². The Morgan fingerprint density at radius 1 is 0.967 bits per heavy atom. The molecule has 60 heavy (non-hydrogen) atoms. The van der Waals surface area contributed by atoms with E-state index in [1.807, 2.05) is 66.7 Å². The lowest BCUT2D eigenvalue weighted by atomic mass is 9.55. The Labute approximate surface area is 352 Å². The number of hydrogen-bond acceptors (Lipinski definition) is 11. The van der Waals surface area contributed by atoms with E-state index in [9.17, 15) is 19.8 Å². The SMILES string of the molecule is C=CCOC12Oc3ccc(OC(=O)NCc4ccccc4)cc3C3C(CCCCO)C(CCCCO)C=C(C(=NOC)CC1N(C)C(=O)OCCOCc1ccccc1)C32. The zero-order valence-corrected chi connectivity index (χ0v) is 34.7. The summed E-state index contributed by atoms with van der Waals surface area (Å²) in [5.41, 5.74) is 4.33. The van der Waals surface area contributed by atoms with Crippen LogP contribution in [0.2, 0.25) is 0 Å². The fraction of sp³-hybridized carbons (Fsp3) is 0.468. The molecule has 0 spiro atoms. The fourth-order valence-electron chi connectivity index (χ4n) is 9.00. The molecule has 0 radical (unpaired) electrons. The maximum Gasteiger partial charge on any atom is 0.412 e. The molecule has 0 aromatic heterocycles. The van der Waals surface area contributed by atoms with Crippen molar-refractivity contribution in [3.8, 4) is 11.5 Å². The summed E-state index contributed by atoms with van der Waals surface area (Å²) in [6, 6.07) is 24.0. The van der Waals surface area contributed by atoms with Crippen molar-refractivity contribution in [2.24, 2.45) is 22.9 Å². The van der Waals surface area contributed by atoms with Crippen molar-refractivity contribution in [2.75, 3.05) is 47.2 Å². The van der Waals surface area contributed by atoms with E-state index in [2.05, 4.69) is 23.1 Å². The highest BCUT2D eigenvalue weighted by Crippen LogP contribution is 2.61. The Hall–Kier alpha value is -5.21. The lowest BCUT2D eigenvalue weighted by Gasteiger charge is -2.59. The quantitative estimate of drug-likeness (QED) is 0.0558. The monoisotopic (exact) mass is 825 g/mol. The molecule has 6 unspecified atom stereocenters. The average molecular weight is 826 g/mol. The van der Waals surface area contributed by atoms with Crippen LogP contribution in [0.25, 0.3) is 0 Å². The predicted octanol–water partition coefficient (Wildman–Crippen LogP) is 7.52. The third-order valence-electron chi connectivity index (χ3n) is 11.7. The van der Waals surface area contributed by atoms with Crippen LogP contribution in [0.15, 0.2) is 108 Å². The van der Waals surface area contributed by atoms with E-state index < -0.39 is 29.9 Å². The highest BCUT2D eigenvalue weighted by molar-refractivity contribution is 6.02. The number of aliphatic hydroxyl groups excluding tert-OH is 2. The van der Waals surface area contributed by atoms with Gasteiger partial charge in [-0.25, -0.2) is 9.59 Å². The average Bonchev–Trinajstić information content (AvgIpc) is 3.27. The lowest BCUT2D eigenvalue weighted by molar-refractivity contribution is -0.253. The Morgan fingerprint density at radius 3 is 2.38 bits per heavy atom. The van der Waals surface area contributed by atoms with Crippen molar-refractivity contribution in [2.45, 2.75) is 75.8 Å². The third-order valence-corrected chi connectivity index (χ3v) is 11.7. The second kappa shape index (κ2) is 21.9. The summed E-state index contributed by atoms with van der Waals surface area (Å²) < 4.78 is 31.5. The first kappa shape index (κ1) is 44.3. The van der Waals surface area contributed by atoms with E-state index in [-0.39, 0.29) is 57.2 Å². The highest BCUT2D eigenvalue weighted by atomic mass is 16.7. The topological polar surface area (TPSA) is 158 Å². The van der Waals surface area contributed by atoms with Crippen molar-refractivity contribution in [3.63, 3.8) is 0 Å². The molecule has 1 fully saturated rings. The van der Waals surface area contributed by atoms with Gasteiger partial charge < -0.3 is 49.0 Å². The molecule has 13 nitrogen and oxygen atoms in total. The summed E-state index contributed by atoms with van der Waals surface area (Å²) in [6.45, 7) is 5.17. The number of carbonyl (C=O) groups excluding carboxylic acids is 2. The van der Waals surface area contributed by atoms with Gasteiger partial charge >= 0.3 is 12.2 Å². The van der Waals surface area contributed by atoms with E-state index in [1.165, 1.54) is 12.0 Å². The zero-order chi connectivity index (χ0) is 42.3. The van der Waals surface area contributed by atoms with Crippen LogP contribution >= 0.6 is 0 Å². The van der Waals surface area contributed by atoms with Crippen LogP contribution in [0, 0.1) is 17.8 Å². The van der Waals surface area contributed by atoms with Crippen molar-refractivity contribution in [1.82, 2.24) is 10.2 Å². The molecule has 3 N–H and O–H groups in total. The molecule has 2 amide bonds. The number of nitrogens with zero attached hydrogens (tertiary/aromatic N) is 2. The normalized spacial score (nSPS) is 23.3.